The van der Waals surface area contributed by atoms with E-state index in [1.54, 1.807) is 13.0 Å². The molecule has 1 N–H and O–H groups in total. The zero-order valence-corrected chi connectivity index (χ0v) is 14.6. The van der Waals surface area contributed by atoms with Crippen molar-refractivity contribution in [1.82, 2.24) is 0 Å². The second kappa shape index (κ2) is 6.54. The maximum Gasteiger partial charge on any atom is 0.255 e. The van der Waals surface area contributed by atoms with Crippen LogP contribution in [0.2, 0.25) is 0 Å². The topological polar surface area (TPSA) is 63.2 Å². The lowest BCUT2D eigenvalue weighted by Gasteiger charge is -2.11. The quantitative estimate of drug-likeness (QED) is 0.927. The van der Waals surface area contributed by atoms with Crippen LogP contribution in [0.5, 0.6) is 0 Å². The number of carbonyl (C=O) groups excluding carboxylic acids is 1. The van der Waals surface area contributed by atoms with Crippen LogP contribution in [0, 0.1) is 6.92 Å². The Morgan fingerprint density at radius 2 is 1.65 bits per heavy atom. The van der Waals surface area contributed by atoms with E-state index in [9.17, 15) is 13.2 Å². The summed E-state index contributed by atoms with van der Waals surface area (Å²) in [5.41, 5.74) is 2.97. The molecule has 23 heavy (non-hydrogen) atoms. The summed E-state index contributed by atoms with van der Waals surface area (Å²) in [6.07, 6.45) is 1.13. The van der Waals surface area contributed by atoms with E-state index in [2.05, 4.69) is 19.2 Å². The fourth-order valence-electron chi connectivity index (χ4n) is 2.23. The molecule has 0 saturated carbocycles. The summed E-state index contributed by atoms with van der Waals surface area (Å²) < 4.78 is 23.3. The van der Waals surface area contributed by atoms with Gasteiger partial charge in [-0.3, -0.25) is 4.79 Å². The molecule has 0 fully saturated rings. The van der Waals surface area contributed by atoms with Gasteiger partial charge < -0.3 is 5.32 Å². The molecule has 0 atom stereocenters. The molecule has 0 aliphatic heterocycles. The van der Waals surface area contributed by atoms with Gasteiger partial charge in [-0.05, 0) is 48.2 Å². The van der Waals surface area contributed by atoms with E-state index in [1.807, 2.05) is 24.3 Å². The van der Waals surface area contributed by atoms with Crippen LogP contribution in [0.1, 0.15) is 41.3 Å². The van der Waals surface area contributed by atoms with Crippen molar-refractivity contribution in [2.24, 2.45) is 0 Å². The third-order valence-corrected chi connectivity index (χ3v) is 4.83. The number of benzene rings is 2. The van der Waals surface area contributed by atoms with E-state index in [1.165, 1.54) is 17.7 Å². The smallest absolute Gasteiger partial charge is 0.255 e. The van der Waals surface area contributed by atoms with Crippen LogP contribution in [0.25, 0.3) is 0 Å². The molecule has 2 aromatic rings. The van der Waals surface area contributed by atoms with Crippen LogP contribution < -0.4 is 5.32 Å². The molecule has 2 rings (SSSR count). The van der Waals surface area contributed by atoms with Crippen molar-refractivity contribution in [3.63, 3.8) is 0 Å². The maximum absolute atomic E-state index is 12.4. The SMILES string of the molecule is Cc1ccc(S(C)(=O)=O)cc1C(=O)Nc1ccc(C(C)C)cc1. The number of amides is 1. The molecule has 0 radical (unpaired) electrons. The molecule has 0 spiro atoms. The molecule has 0 aliphatic carbocycles. The van der Waals surface area contributed by atoms with Crippen LogP contribution in [0.15, 0.2) is 47.4 Å². The van der Waals surface area contributed by atoms with E-state index >= 15 is 0 Å². The van der Waals surface area contributed by atoms with Gasteiger partial charge in [0.1, 0.15) is 0 Å². The first-order valence-electron chi connectivity index (χ1n) is 7.40. The number of hydrogen-bond acceptors (Lipinski definition) is 3. The van der Waals surface area contributed by atoms with Crippen molar-refractivity contribution < 1.29 is 13.2 Å². The minimum atomic E-state index is -3.34. The minimum absolute atomic E-state index is 0.142. The summed E-state index contributed by atoms with van der Waals surface area (Å²) in [4.78, 5) is 12.6. The normalized spacial score (nSPS) is 11.5. The summed E-state index contributed by atoms with van der Waals surface area (Å²) >= 11 is 0. The van der Waals surface area contributed by atoms with Crippen molar-refractivity contribution >= 4 is 21.4 Å². The molecular formula is C18H21NO3S. The Labute approximate surface area is 137 Å². The van der Waals surface area contributed by atoms with Gasteiger partial charge in [0.2, 0.25) is 0 Å². The van der Waals surface area contributed by atoms with Gasteiger partial charge in [-0.1, -0.05) is 32.0 Å². The average molecular weight is 331 g/mol. The zero-order chi connectivity index (χ0) is 17.2. The molecular weight excluding hydrogens is 310 g/mol. The standard InChI is InChI=1S/C18H21NO3S/c1-12(2)14-6-8-15(9-7-14)19-18(20)17-11-16(23(4,21)22)10-5-13(17)3/h5-12H,1-4H3,(H,19,20). The van der Waals surface area contributed by atoms with Gasteiger partial charge in [0.15, 0.2) is 9.84 Å². The maximum atomic E-state index is 12.4. The van der Waals surface area contributed by atoms with Crippen molar-refractivity contribution in [3.05, 3.63) is 59.2 Å². The number of carbonyl (C=O) groups is 1. The molecule has 0 aromatic heterocycles. The summed E-state index contributed by atoms with van der Waals surface area (Å²) in [7, 11) is -3.34. The summed E-state index contributed by atoms with van der Waals surface area (Å²) in [6.45, 7) is 5.99. The largest absolute Gasteiger partial charge is 0.322 e. The summed E-state index contributed by atoms with van der Waals surface area (Å²) in [5, 5.41) is 2.81. The van der Waals surface area contributed by atoms with Crippen LogP contribution >= 0.6 is 0 Å². The van der Waals surface area contributed by atoms with Gasteiger partial charge in [-0.2, -0.15) is 0 Å². The molecule has 4 nitrogen and oxygen atoms in total. The predicted molar refractivity (Wildman–Crippen MR) is 92.8 cm³/mol. The molecule has 2 aromatic carbocycles. The van der Waals surface area contributed by atoms with Crippen molar-refractivity contribution in [2.45, 2.75) is 31.6 Å². The Morgan fingerprint density at radius 1 is 1.04 bits per heavy atom. The second-order valence-electron chi connectivity index (χ2n) is 5.98. The molecule has 5 heteroatoms. The van der Waals surface area contributed by atoms with Crippen LogP contribution in [-0.4, -0.2) is 20.6 Å². The van der Waals surface area contributed by atoms with E-state index in [0.717, 1.165) is 11.8 Å². The summed E-state index contributed by atoms with van der Waals surface area (Å²) in [6, 6.07) is 12.2. The molecule has 0 bridgehead atoms. The fourth-order valence-corrected chi connectivity index (χ4v) is 2.87. The van der Waals surface area contributed by atoms with Gasteiger partial charge >= 0.3 is 0 Å². The average Bonchev–Trinajstić information content (AvgIpc) is 2.46. The highest BCUT2D eigenvalue weighted by atomic mass is 32.2. The molecule has 1 amide bonds. The lowest BCUT2D eigenvalue weighted by atomic mass is 10.0. The number of sulfone groups is 1. The van der Waals surface area contributed by atoms with Gasteiger partial charge in [0.25, 0.3) is 5.91 Å². The lowest BCUT2D eigenvalue weighted by Crippen LogP contribution is -2.14. The van der Waals surface area contributed by atoms with E-state index in [-0.39, 0.29) is 10.8 Å². The molecule has 122 valence electrons. The van der Waals surface area contributed by atoms with E-state index in [0.29, 0.717) is 17.2 Å². The van der Waals surface area contributed by atoms with Gasteiger partial charge in [-0.15, -0.1) is 0 Å². The molecule has 0 aliphatic rings. The first-order valence-corrected chi connectivity index (χ1v) is 9.29. The molecule has 0 saturated heterocycles. The van der Waals surface area contributed by atoms with Crippen LogP contribution in [-0.2, 0) is 9.84 Å². The Morgan fingerprint density at radius 3 is 2.17 bits per heavy atom. The van der Waals surface area contributed by atoms with Crippen LogP contribution in [0.4, 0.5) is 5.69 Å². The zero-order valence-electron chi connectivity index (χ0n) is 13.8. The third kappa shape index (κ3) is 4.20. The second-order valence-corrected chi connectivity index (χ2v) is 8.00. The number of hydrogen-bond donors (Lipinski definition) is 1. The first-order chi connectivity index (χ1) is 10.7. The Balaban J connectivity index is 2.27. The highest BCUT2D eigenvalue weighted by molar-refractivity contribution is 7.90. The van der Waals surface area contributed by atoms with Crippen molar-refractivity contribution in [3.8, 4) is 0 Å². The molecule has 0 unspecified atom stereocenters. The first kappa shape index (κ1) is 17.2. The Bertz CT molecular complexity index is 822. The predicted octanol–water partition coefficient (Wildman–Crippen LogP) is 3.77. The minimum Gasteiger partial charge on any atom is -0.322 e. The highest BCUT2D eigenvalue weighted by Crippen LogP contribution is 2.20. The molecule has 0 heterocycles. The van der Waals surface area contributed by atoms with Gasteiger partial charge in [0.05, 0.1) is 4.90 Å². The monoisotopic (exact) mass is 331 g/mol. The number of rotatable bonds is 4. The highest BCUT2D eigenvalue weighted by Gasteiger charge is 2.14. The Hall–Kier alpha value is -2.14. The Kier molecular flexibility index (Phi) is 4.90. The van der Waals surface area contributed by atoms with Crippen molar-refractivity contribution in [1.29, 1.82) is 0 Å². The van der Waals surface area contributed by atoms with Gasteiger partial charge in [0, 0.05) is 17.5 Å². The number of anilines is 1. The van der Waals surface area contributed by atoms with E-state index < -0.39 is 9.84 Å². The van der Waals surface area contributed by atoms with Crippen LogP contribution in [0.3, 0.4) is 0 Å². The van der Waals surface area contributed by atoms with Gasteiger partial charge in [-0.25, -0.2) is 8.42 Å². The van der Waals surface area contributed by atoms with Crippen molar-refractivity contribution in [2.75, 3.05) is 11.6 Å². The number of nitrogens with one attached hydrogen (secondary N) is 1. The summed E-state index contributed by atoms with van der Waals surface area (Å²) in [5.74, 6) is 0.110. The van der Waals surface area contributed by atoms with E-state index in [4.69, 9.17) is 0 Å². The number of aryl methyl sites for hydroxylation is 1. The lowest BCUT2D eigenvalue weighted by molar-refractivity contribution is 0.102. The fraction of sp³-hybridized carbons (Fsp3) is 0.278. The third-order valence-electron chi connectivity index (χ3n) is 3.72.